The number of carbonyl (C=O) groups is 2. The highest BCUT2D eigenvalue weighted by molar-refractivity contribution is 5.86. The van der Waals surface area contributed by atoms with E-state index < -0.39 is 17.7 Å². The van der Waals surface area contributed by atoms with E-state index in [1.165, 1.54) is 4.90 Å². The van der Waals surface area contributed by atoms with Crippen LogP contribution < -0.4 is 5.32 Å². The van der Waals surface area contributed by atoms with Crippen molar-refractivity contribution < 1.29 is 19.1 Å². The van der Waals surface area contributed by atoms with Crippen molar-refractivity contribution in [1.82, 2.24) is 10.2 Å². The molecule has 0 bridgehead atoms. The summed E-state index contributed by atoms with van der Waals surface area (Å²) in [4.78, 5) is 26.4. The minimum Gasteiger partial charge on any atom is -0.444 e. The number of hydrogen-bond donors (Lipinski definition) is 1. The van der Waals surface area contributed by atoms with E-state index in [-0.39, 0.29) is 18.6 Å². The molecular weight excluding hydrogens is 308 g/mol. The highest BCUT2D eigenvalue weighted by Crippen LogP contribution is 2.17. The summed E-state index contributed by atoms with van der Waals surface area (Å²) >= 11 is 0. The van der Waals surface area contributed by atoms with Gasteiger partial charge in [-0.25, -0.2) is 4.79 Å². The number of carbonyl (C=O) groups excluding carboxylic acids is 2. The van der Waals surface area contributed by atoms with Crippen LogP contribution in [0, 0.1) is 0 Å². The van der Waals surface area contributed by atoms with Gasteiger partial charge in [-0.3, -0.25) is 9.69 Å². The molecule has 0 aliphatic carbocycles. The average molecular weight is 334 g/mol. The molecule has 24 heavy (non-hydrogen) atoms. The van der Waals surface area contributed by atoms with E-state index in [1.807, 2.05) is 37.3 Å². The fourth-order valence-electron chi connectivity index (χ4n) is 2.49. The van der Waals surface area contributed by atoms with Crippen molar-refractivity contribution in [3.05, 3.63) is 35.9 Å². The molecule has 132 valence electrons. The number of hydrogen-bond acceptors (Lipinski definition) is 4. The lowest BCUT2D eigenvalue weighted by Gasteiger charge is -2.36. The second-order valence-corrected chi connectivity index (χ2v) is 6.91. The summed E-state index contributed by atoms with van der Waals surface area (Å²) in [6.45, 7) is 8.24. The third kappa shape index (κ3) is 4.96. The fraction of sp³-hybridized carbons (Fsp3) is 0.556. The summed E-state index contributed by atoms with van der Waals surface area (Å²) in [7, 11) is 0. The second kappa shape index (κ2) is 7.66. The topological polar surface area (TPSA) is 67.9 Å². The Morgan fingerprint density at radius 3 is 2.58 bits per heavy atom. The predicted molar refractivity (Wildman–Crippen MR) is 90.5 cm³/mol. The molecular formula is C18H26N2O4. The molecule has 0 saturated carbocycles. The van der Waals surface area contributed by atoms with Crippen molar-refractivity contribution in [2.24, 2.45) is 0 Å². The summed E-state index contributed by atoms with van der Waals surface area (Å²) < 4.78 is 10.8. The van der Waals surface area contributed by atoms with Crippen LogP contribution in [0.25, 0.3) is 0 Å². The zero-order valence-corrected chi connectivity index (χ0v) is 14.7. The molecule has 1 aliphatic rings. The summed E-state index contributed by atoms with van der Waals surface area (Å²) in [5, 5.41) is 2.95. The van der Waals surface area contributed by atoms with Gasteiger partial charge < -0.3 is 14.8 Å². The van der Waals surface area contributed by atoms with Crippen LogP contribution in [0.15, 0.2) is 30.3 Å². The molecule has 0 aromatic heterocycles. The van der Waals surface area contributed by atoms with Crippen molar-refractivity contribution in [1.29, 1.82) is 0 Å². The summed E-state index contributed by atoms with van der Waals surface area (Å²) in [5.74, 6) is -0.239. The molecule has 1 N–H and O–H groups in total. The van der Waals surface area contributed by atoms with Crippen LogP contribution in [-0.4, -0.2) is 48.3 Å². The Morgan fingerprint density at radius 2 is 1.96 bits per heavy atom. The van der Waals surface area contributed by atoms with Gasteiger partial charge >= 0.3 is 6.09 Å². The molecule has 0 spiro atoms. The first-order valence-electron chi connectivity index (χ1n) is 8.20. The molecule has 2 amide bonds. The smallest absolute Gasteiger partial charge is 0.411 e. The Bertz CT molecular complexity index is 568. The lowest BCUT2D eigenvalue weighted by atomic mass is 10.1. The Balaban J connectivity index is 2.03. The molecule has 2 rings (SSSR count). The highest BCUT2D eigenvalue weighted by Gasteiger charge is 2.35. The summed E-state index contributed by atoms with van der Waals surface area (Å²) in [6.07, 6.45) is -0.488. The van der Waals surface area contributed by atoms with Crippen LogP contribution in [0.4, 0.5) is 4.79 Å². The average Bonchev–Trinajstić information content (AvgIpc) is 2.54. The zero-order valence-electron chi connectivity index (χ0n) is 14.7. The van der Waals surface area contributed by atoms with E-state index in [4.69, 9.17) is 9.47 Å². The molecule has 1 aliphatic heterocycles. The van der Waals surface area contributed by atoms with Gasteiger partial charge in [0, 0.05) is 6.54 Å². The monoisotopic (exact) mass is 334 g/mol. The number of benzene rings is 1. The van der Waals surface area contributed by atoms with Crippen LogP contribution in [-0.2, 0) is 14.3 Å². The van der Waals surface area contributed by atoms with Gasteiger partial charge in [0.1, 0.15) is 11.6 Å². The Hall–Kier alpha value is -2.08. The van der Waals surface area contributed by atoms with E-state index in [0.717, 1.165) is 5.56 Å². The molecule has 6 nitrogen and oxygen atoms in total. The van der Waals surface area contributed by atoms with Crippen molar-refractivity contribution in [3.63, 3.8) is 0 Å². The molecule has 1 aromatic carbocycles. The van der Waals surface area contributed by atoms with Gasteiger partial charge in [0.15, 0.2) is 0 Å². The van der Waals surface area contributed by atoms with Gasteiger partial charge in [0.2, 0.25) is 5.91 Å². The first-order valence-corrected chi connectivity index (χ1v) is 8.20. The van der Waals surface area contributed by atoms with Crippen molar-refractivity contribution in [2.45, 2.75) is 45.4 Å². The van der Waals surface area contributed by atoms with E-state index in [2.05, 4.69) is 5.32 Å². The van der Waals surface area contributed by atoms with Crippen molar-refractivity contribution in [2.75, 3.05) is 19.8 Å². The molecule has 1 saturated heterocycles. The Morgan fingerprint density at radius 1 is 1.29 bits per heavy atom. The Kier molecular flexibility index (Phi) is 5.83. The lowest BCUT2D eigenvalue weighted by molar-refractivity contribution is -0.132. The standard InChI is InChI=1S/C18H26N2O4/c1-13(14-8-6-5-7-9-14)19-16(21)15-12-23-11-10-20(15)17(22)24-18(2,3)4/h5-9,13,15H,10-12H2,1-4H3,(H,19,21)/t13-,15+/m0/s1. The third-order valence-corrected chi connectivity index (χ3v) is 3.72. The van der Waals surface area contributed by atoms with Crippen LogP contribution in [0.1, 0.15) is 39.3 Å². The largest absolute Gasteiger partial charge is 0.444 e. The van der Waals surface area contributed by atoms with Crippen molar-refractivity contribution >= 4 is 12.0 Å². The lowest BCUT2D eigenvalue weighted by Crippen LogP contribution is -2.57. The van der Waals surface area contributed by atoms with E-state index in [9.17, 15) is 9.59 Å². The van der Waals surface area contributed by atoms with Gasteiger partial charge in [-0.05, 0) is 33.3 Å². The van der Waals surface area contributed by atoms with E-state index in [0.29, 0.717) is 13.2 Å². The normalized spacial score (nSPS) is 19.5. The molecule has 6 heteroatoms. The van der Waals surface area contributed by atoms with Crippen LogP contribution in [0.5, 0.6) is 0 Å². The molecule has 2 atom stereocenters. The predicted octanol–water partition coefficient (Wildman–Crippen LogP) is 2.50. The van der Waals surface area contributed by atoms with E-state index in [1.54, 1.807) is 20.8 Å². The number of nitrogens with one attached hydrogen (secondary N) is 1. The quantitative estimate of drug-likeness (QED) is 0.922. The maximum absolute atomic E-state index is 12.6. The van der Waals surface area contributed by atoms with Crippen molar-refractivity contribution in [3.8, 4) is 0 Å². The second-order valence-electron chi connectivity index (χ2n) is 6.91. The SMILES string of the molecule is C[C@H](NC(=O)[C@H]1COCCN1C(=O)OC(C)(C)C)c1ccccc1. The first kappa shape index (κ1) is 18.3. The van der Waals surface area contributed by atoms with Gasteiger partial charge in [-0.2, -0.15) is 0 Å². The number of nitrogens with zero attached hydrogens (tertiary/aromatic N) is 1. The van der Waals surface area contributed by atoms with E-state index >= 15 is 0 Å². The molecule has 1 aromatic rings. The van der Waals surface area contributed by atoms with Crippen LogP contribution in [0.2, 0.25) is 0 Å². The van der Waals surface area contributed by atoms with Gasteiger partial charge in [-0.1, -0.05) is 30.3 Å². The van der Waals surface area contributed by atoms with Crippen LogP contribution in [0.3, 0.4) is 0 Å². The molecule has 1 fully saturated rings. The maximum Gasteiger partial charge on any atom is 0.411 e. The summed E-state index contributed by atoms with van der Waals surface area (Å²) in [6, 6.07) is 8.85. The molecule has 1 heterocycles. The van der Waals surface area contributed by atoms with Gasteiger partial charge in [0.05, 0.1) is 19.3 Å². The Labute approximate surface area is 143 Å². The molecule has 0 radical (unpaired) electrons. The van der Waals surface area contributed by atoms with Gasteiger partial charge in [0.25, 0.3) is 0 Å². The minimum atomic E-state index is -0.681. The highest BCUT2D eigenvalue weighted by atomic mass is 16.6. The third-order valence-electron chi connectivity index (χ3n) is 3.72. The number of rotatable bonds is 3. The molecule has 0 unspecified atom stereocenters. The fourth-order valence-corrected chi connectivity index (χ4v) is 2.49. The zero-order chi connectivity index (χ0) is 17.7. The van der Waals surface area contributed by atoms with Gasteiger partial charge in [-0.15, -0.1) is 0 Å². The maximum atomic E-state index is 12.6. The minimum absolute atomic E-state index is 0.152. The number of ether oxygens (including phenoxy) is 2. The first-order chi connectivity index (χ1) is 11.3. The number of morpholine rings is 1. The number of amides is 2. The summed E-state index contributed by atoms with van der Waals surface area (Å²) in [5.41, 5.74) is 0.402. The van der Waals surface area contributed by atoms with Crippen LogP contribution >= 0.6 is 0 Å².